The first-order valence-electron chi connectivity index (χ1n) is 7.54. The molecule has 2 rings (SSSR count). The van der Waals surface area contributed by atoms with Gasteiger partial charge in [-0.3, -0.25) is 4.79 Å². The number of aromatic amines is 1. The predicted octanol–water partition coefficient (Wildman–Crippen LogP) is 1.53. The number of hydrogen-bond acceptors (Lipinski definition) is 6. The fraction of sp³-hybridized carbons (Fsp3) is 0.375. The lowest BCUT2D eigenvalue weighted by Crippen LogP contribution is -2.25. The van der Waals surface area contributed by atoms with Crippen molar-refractivity contribution in [1.29, 1.82) is 0 Å². The largest absolute Gasteiger partial charge is 0.462 e. The van der Waals surface area contributed by atoms with E-state index in [2.05, 4.69) is 10.1 Å². The fourth-order valence-corrected chi connectivity index (χ4v) is 2.27. The Morgan fingerprint density at radius 2 is 1.67 bits per heavy atom. The summed E-state index contributed by atoms with van der Waals surface area (Å²) < 4.78 is 11.3. The zero-order chi connectivity index (χ0) is 17.9. The van der Waals surface area contributed by atoms with Crippen molar-refractivity contribution in [2.75, 3.05) is 13.2 Å². The summed E-state index contributed by atoms with van der Waals surface area (Å²) >= 11 is 0. The van der Waals surface area contributed by atoms with Crippen LogP contribution in [0.1, 0.15) is 46.0 Å². The molecule has 0 spiro atoms. The Morgan fingerprint density at radius 1 is 1.08 bits per heavy atom. The third-order valence-corrected chi connectivity index (χ3v) is 3.23. The summed E-state index contributed by atoms with van der Waals surface area (Å²) in [5.74, 6) is -1.32. The summed E-state index contributed by atoms with van der Waals surface area (Å²) in [6.07, 6.45) is 0. The normalized spacial score (nSPS) is 10.5. The Bertz CT molecular complexity index is 835. The molecule has 1 N–H and O–H groups in total. The molecule has 0 bridgehead atoms. The maximum Gasteiger partial charge on any atom is 0.343 e. The van der Waals surface area contributed by atoms with Gasteiger partial charge in [0.05, 0.1) is 18.9 Å². The summed E-state index contributed by atoms with van der Waals surface area (Å²) in [6.45, 7) is 7.14. The van der Waals surface area contributed by atoms with Crippen LogP contribution in [0.2, 0.25) is 0 Å². The molecular formula is C16H19N3O5. The van der Waals surface area contributed by atoms with Crippen molar-refractivity contribution in [3.05, 3.63) is 45.0 Å². The second-order valence-electron chi connectivity index (χ2n) is 5.05. The minimum Gasteiger partial charge on any atom is -0.462 e. The van der Waals surface area contributed by atoms with Crippen molar-refractivity contribution >= 4 is 11.9 Å². The van der Waals surface area contributed by atoms with Gasteiger partial charge in [0, 0.05) is 5.69 Å². The molecule has 0 aromatic carbocycles. The van der Waals surface area contributed by atoms with E-state index in [1.807, 2.05) is 0 Å². The van der Waals surface area contributed by atoms with Crippen molar-refractivity contribution in [1.82, 2.24) is 14.8 Å². The van der Waals surface area contributed by atoms with Crippen LogP contribution in [0.25, 0.3) is 5.82 Å². The number of hydrogen-bond donors (Lipinski definition) is 1. The van der Waals surface area contributed by atoms with Gasteiger partial charge < -0.3 is 14.5 Å². The van der Waals surface area contributed by atoms with E-state index >= 15 is 0 Å². The van der Waals surface area contributed by atoms with E-state index in [0.717, 1.165) is 11.4 Å². The zero-order valence-electron chi connectivity index (χ0n) is 14.0. The number of H-pyrrole nitrogens is 1. The van der Waals surface area contributed by atoms with Crippen molar-refractivity contribution in [3.63, 3.8) is 0 Å². The molecule has 0 unspecified atom stereocenters. The number of ether oxygens (including phenoxy) is 2. The van der Waals surface area contributed by atoms with Gasteiger partial charge in [-0.25, -0.2) is 14.3 Å². The van der Waals surface area contributed by atoms with E-state index in [1.54, 1.807) is 33.8 Å². The average Bonchev–Trinajstić information content (AvgIpc) is 2.85. The Kier molecular flexibility index (Phi) is 5.18. The molecule has 2 aromatic heterocycles. The van der Waals surface area contributed by atoms with Crippen molar-refractivity contribution in [3.8, 4) is 5.82 Å². The molecule has 8 heteroatoms. The van der Waals surface area contributed by atoms with Crippen LogP contribution >= 0.6 is 0 Å². The standard InChI is InChI=1S/C16H19N3O5/c1-5-23-15(21)11-8-12(16(22)24-6-2)14(20)17-13(11)19-10(4)7-9(3)18-19/h7-8H,5-6H2,1-4H3,(H,17,20). The second kappa shape index (κ2) is 7.12. The maximum atomic E-state index is 12.3. The molecule has 0 radical (unpaired) electrons. The summed E-state index contributed by atoms with van der Waals surface area (Å²) in [5, 5.41) is 4.26. The molecule has 0 aliphatic carbocycles. The number of aryl methyl sites for hydroxylation is 2. The third kappa shape index (κ3) is 3.37. The number of esters is 2. The minimum atomic E-state index is -0.802. The summed E-state index contributed by atoms with van der Waals surface area (Å²) in [7, 11) is 0. The van der Waals surface area contributed by atoms with Crippen molar-refractivity contribution in [2.45, 2.75) is 27.7 Å². The van der Waals surface area contributed by atoms with Crippen LogP contribution in [0, 0.1) is 13.8 Å². The van der Waals surface area contributed by atoms with Crippen LogP contribution < -0.4 is 5.56 Å². The lowest BCUT2D eigenvalue weighted by Gasteiger charge is -2.11. The van der Waals surface area contributed by atoms with Crippen LogP contribution in [0.3, 0.4) is 0 Å². The smallest absolute Gasteiger partial charge is 0.343 e. The Morgan fingerprint density at radius 3 is 2.17 bits per heavy atom. The van der Waals surface area contributed by atoms with Crippen LogP contribution in [-0.2, 0) is 9.47 Å². The molecule has 0 aliphatic heterocycles. The van der Waals surface area contributed by atoms with Crippen LogP contribution in [0.15, 0.2) is 16.9 Å². The van der Waals surface area contributed by atoms with Crippen LogP contribution in [0.5, 0.6) is 0 Å². The van der Waals surface area contributed by atoms with Gasteiger partial charge in [-0.2, -0.15) is 5.10 Å². The highest BCUT2D eigenvalue weighted by molar-refractivity contribution is 5.97. The first kappa shape index (κ1) is 17.5. The molecule has 128 valence electrons. The number of carbonyl (C=O) groups excluding carboxylic acids is 2. The van der Waals surface area contributed by atoms with E-state index < -0.39 is 17.5 Å². The van der Waals surface area contributed by atoms with Gasteiger partial charge in [0.25, 0.3) is 5.56 Å². The van der Waals surface area contributed by atoms with Gasteiger partial charge in [0.15, 0.2) is 0 Å². The van der Waals surface area contributed by atoms with Gasteiger partial charge >= 0.3 is 11.9 Å². The van der Waals surface area contributed by atoms with Gasteiger partial charge in [-0.15, -0.1) is 0 Å². The lowest BCUT2D eigenvalue weighted by atomic mass is 10.1. The van der Waals surface area contributed by atoms with E-state index in [-0.39, 0.29) is 30.2 Å². The van der Waals surface area contributed by atoms with Gasteiger partial charge in [0.1, 0.15) is 16.9 Å². The Labute approximate surface area is 138 Å². The molecule has 0 saturated heterocycles. The van der Waals surface area contributed by atoms with E-state index in [4.69, 9.17) is 9.47 Å². The molecule has 0 atom stereocenters. The molecule has 2 heterocycles. The number of nitrogens with one attached hydrogen (secondary N) is 1. The van der Waals surface area contributed by atoms with E-state index in [1.165, 1.54) is 10.7 Å². The molecule has 2 aromatic rings. The molecule has 0 fully saturated rings. The number of aromatic nitrogens is 3. The summed E-state index contributed by atoms with van der Waals surface area (Å²) in [4.78, 5) is 38.9. The number of rotatable bonds is 5. The first-order chi connectivity index (χ1) is 11.4. The highest BCUT2D eigenvalue weighted by Crippen LogP contribution is 2.16. The highest BCUT2D eigenvalue weighted by Gasteiger charge is 2.23. The highest BCUT2D eigenvalue weighted by atomic mass is 16.5. The Hall–Kier alpha value is -2.90. The number of carbonyl (C=O) groups is 2. The van der Waals surface area contributed by atoms with Crippen molar-refractivity contribution in [2.24, 2.45) is 0 Å². The fourth-order valence-electron chi connectivity index (χ4n) is 2.27. The SMILES string of the molecule is CCOC(=O)c1cc(C(=O)OCC)c(=O)[nH]c1-n1nc(C)cc1C. The molecule has 24 heavy (non-hydrogen) atoms. The van der Waals surface area contributed by atoms with Gasteiger partial charge in [0.2, 0.25) is 0 Å². The van der Waals surface area contributed by atoms with E-state index in [0.29, 0.717) is 0 Å². The summed E-state index contributed by atoms with van der Waals surface area (Å²) in [6, 6.07) is 2.98. The van der Waals surface area contributed by atoms with E-state index in [9.17, 15) is 14.4 Å². The van der Waals surface area contributed by atoms with Gasteiger partial charge in [-0.05, 0) is 39.8 Å². The molecule has 0 saturated carbocycles. The molecule has 8 nitrogen and oxygen atoms in total. The Balaban J connectivity index is 2.68. The maximum absolute atomic E-state index is 12.3. The monoisotopic (exact) mass is 333 g/mol. The quantitative estimate of drug-likeness (QED) is 0.832. The predicted molar refractivity (Wildman–Crippen MR) is 85.6 cm³/mol. The minimum absolute atomic E-state index is 0.0331. The molecule has 0 aliphatic rings. The average molecular weight is 333 g/mol. The van der Waals surface area contributed by atoms with Crippen LogP contribution in [-0.4, -0.2) is 39.9 Å². The topological polar surface area (TPSA) is 103 Å². The first-order valence-corrected chi connectivity index (χ1v) is 7.54. The summed E-state index contributed by atoms with van der Waals surface area (Å²) in [5.41, 5.74) is 0.551. The zero-order valence-corrected chi connectivity index (χ0v) is 14.0. The second-order valence-corrected chi connectivity index (χ2v) is 5.05. The molecule has 0 amide bonds. The number of pyridine rings is 1. The lowest BCUT2D eigenvalue weighted by molar-refractivity contribution is 0.0523. The van der Waals surface area contributed by atoms with Crippen molar-refractivity contribution < 1.29 is 19.1 Å². The number of nitrogens with zero attached hydrogens (tertiary/aromatic N) is 2. The van der Waals surface area contributed by atoms with Gasteiger partial charge in [-0.1, -0.05) is 0 Å². The molecular weight excluding hydrogens is 314 g/mol. The third-order valence-electron chi connectivity index (χ3n) is 3.23. The van der Waals surface area contributed by atoms with Crippen LogP contribution in [0.4, 0.5) is 0 Å².